The molecule has 3 aromatic rings. The standard InChI is InChI=1S/C14H11Br2N3O/c1-20-11-5-9(16)4-10(7-11)19-13-6-8(15)2-3-12(13)18-14(19)17/h2-7H,1H3,(H2,17,18). The van der Waals surface area contributed by atoms with E-state index in [1.54, 1.807) is 7.11 Å². The van der Waals surface area contributed by atoms with Gasteiger partial charge in [-0.15, -0.1) is 0 Å². The molecular weight excluding hydrogens is 386 g/mol. The minimum atomic E-state index is 0.443. The van der Waals surface area contributed by atoms with Crippen LogP contribution in [0, 0.1) is 0 Å². The summed E-state index contributed by atoms with van der Waals surface area (Å²) in [5.41, 5.74) is 8.75. The second kappa shape index (κ2) is 5.10. The Balaban J connectivity index is 2.31. The summed E-state index contributed by atoms with van der Waals surface area (Å²) in [4.78, 5) is 4.38. The quantitative estimate of drug-likeness (QED) is 0.708. The van der Waals surface area contributed by atoms with Crippen LogP contribution in [0.3, 0.4) is 0 Å². The van der Waals surface area contributed by atoms with Crippen molar-refractivity contribution < 1.29 is 4.74 Å². The molecule has 0 radical (unpaired) electrons. The molecule has 1 heterocycles. The maximum atomic E-state index is 6.06. The molecule has 6 heteroatoms. The van der Waals surface area contributed by atoms with E-state index in [2.05, 4.69) is 36.8 Å². The van der Waals surface area contributed by atoms with Gasteiger partial charge in [0.1, 0.15) is 5.75 Å². The molecule has 4 nitrogen and oxygen atoms in total. The highest BCUT2D eigenvalue weighted by molar-refractivity contribution is 9.10. The van der Waals surface area contributed by atoms with Gasteiger partial charge in [-0.1, -0.05) is 31.9 Å². The molecule has 3 rings (SSSR count). The predicted octanol–water partition coefficient (Wildman–Crippen LogP) is 4.14. The van der Waals surface area contributed by atoms with Crippen molar-refractivity contribution in [3.05, 3.63) is 45.3 Å². The Morgan fingerprint density at radius 1 is 1.10 bits per heavy atom. The number of anilines is 1. The summed E-state index contributed by atoms with van der Waals surface area (Å²) >= 11 is 6.95. The molecule has 0 fully saturated rings. The summed E-state index contributed by atoms with van der Waals surface area (Å²) in [5, 5.41) is 0. The monoisotopic (exact) mass is 395 g/mol. The lowest BCUT2D eigenvalue weighted by molar-refractivity contribution is 0.414. The number of aromatic nitrogens is 2. The fraction of sp³-hybridized carbons (Fsp3) is 0.0714. The lowest BCUT2D eigenvalue weighted by atomic mass is 10.2. The average molecular weight is 397 g/mol. The number of methoxy groups -OCH3 is 1. The van der Waals surface area contributed by atoms with Crippen LogP contribution in [0.2, 0.25) is 0 Å². The summed E-state index contributed by atoms with van der Waals surface area (Å²) < 4.78 is 9.09. The van der Waals surface area contributed by atoms with E-state index in [-0.39, 0.29) is 0 Å². The average Bonchev–Trinajstić information content (AvgIpc) is 2.73. The van der Waals surface area contributed by atoms with Crippen molar-refractivity contribution in [2.45, 2.75) is 0 Å². The lowest BCUT2D eigenvalue weighted by Gasteiger charge is -2.09. The molecule has 0 spiro atoms. The zero-order valence-corrected chi connectivity index (χ0v) is 13.8. The van der Waals surface area contributed by atoms with Crippen molar-refractivity contribution in [2.24, 2.45) is 0 Å². The maximum absolute atomic E-state index is 6.06. The Bertz CT molecular complexity index is 798. The number of imidazole rings is 1. The first-order chi connectivity index (χ1) is 9.58. The number of nitrogen functional groups attached to an aromatic ring is 1. The molecule has 1 aromatic heterocycles. The number of hydrogen-bond donors (Lipinski definition) is 1. The molecule has 20 heavy (non-hydrogen) atoms. The second-order valence-corrected chi connectivity index (χ2v) is 6.12. The first kappa shape index (κ1) is 13.5. The van der Waals surface area contributed by atoms with Crippen LogP contribution in [0.5, 0.6) is 5.75 Å². The zero-order valence-electron chi connectivity index (χ0n) is 10.6. The molecule has 0 atom stereocenters. The third kappa shape index (κ3) is 2.29. The Labute approximate surface area is 132 Å². The highest BCUT2D eigenvalue weighted by Gasteiger charge is 2.12. The molecule has 2 aromatic carbocycles. The first-order valence-electron chi connectivity index (χ1n) is 5.87. The van der Waals surface area contributed by atoms with E-state index < -0.39 is 0 Å². The molecular formula is C14H11Br2N3O. The van der Waals surface area contributed by atoms with Crippen molar-refractivity contribution in [2.75, 3.05) is 12.8 Å². The normalized spacial score (nSPS) is 10.9. The summed E-state index contributed by atoms with van der Waals surface area (Å²) in [5.74, 6) is 1.20. The highest BCUT2D eigenvalue weighted by Crippen LogP contribution is 2.30. The van der Waals surface area contributed by atoms with E-state index in [0.717, 1.165) is 31.4 Å². The maximum Gasteiger partial charge on any atom is 0.205 e. The number of nitrogens with zero attached hydrogens (tertiary/aromatic N) is 2. The molecule has 0 saturated heterocycles. The summed E-state index contributed by atoms with van der Waals surface area (Å²) in [6.45, 7) is 0. The van der Waals surface area contributed by atoms with E-state index in [4.69, 9.17) is 10.5 Å². The van der Waals surface area contributed by atoms with Crippen molar-refractivity contribution in [1.29, 1.82) is 0 Å². The summed E-state index contributed by atoms with van der Waals surface area (Å²) in [6, 6.07) is 11.7. The molecule has 0 bridgehead atoms. The van der Waals surface area contributed by atoms with Gasteiger partial charge in [-0.25, -0.2) is 4.98 Å². The van der Waals surface area contributed by atoms with E-state index >= 15 is 0 Å². The fourth-order valence-corrected chi connectivity index (χ4v) is 2.94. The third-order valence-electron chi connectivity index (χ3n) is 2.99. The van der Waals surface area contributed by atoms with Gasteiger partial charge in [0.15, 0.2) is 0 Å². The van der Waals surface area contributed by atoms with Gasteiger partial charge in [-0.3, -0.25) is 4.57 Å². The summed E-state index contributed by atoms with van der Waals surface area (Å²) in [6.07, 6.45) is 0. The molecule has 0 aliphatic carbocycles. The van der Waals surface area contributed by atoms with E-state index in [1.165, 1.54) is 0 Å². The van der Waals surface area contributed by atoms with Gasteiger partial charge in [0.2, 0.25) is 5.95 Å². The van der Waals surface area contributed by atoms with Crippen LogP contribution in [0.15, 0.2) is 45.3 Å². The number of benzene rings is 2. The van der Waals surface area contributed by atoms with Gasteiger partial charge < -0.3 is 10.5 Å². The van der Waals surface area contributed by atoms with Crippen molar-refractivity contribution in [3.8, 4) is 11.4 Å². The minimum absolute atomic E-state index is 0.443. The Hall–Kier alpha value is -1.53. The number of hydrogen-bond acceptors (Lipinski definition) is 3. The molecule has 102 valence electrons. The van der Waals surface area contributed by atoms with Crippen LogP contribution in [0.25, 0.3) is 16.7 Å². The number of nitrogens with two attached hydrogens (primary N) is 1. The van der Waals surface area contributed by atoms with Gasteiger partial charge in [-0.05, 0) is 30.3 Å². The van der Waals surface area contributed by atoms with Crippen LogP contribution >= 0.6 is 31.9 Å². The molecule has 0 unspecified atom stereocenters. The number of ether oxygens (including phenoxy) is 1. The first-order valence-corrected chi connectivity index (χ1v) is 7.45. The molecule has 0 amide bonds. The Morgan fingerprint density at radius 3 is 2.65 bits per heavy atom. The van der Waals surface area contributed by atoms with Gasteiger partial charge in [0.25, 0.3) is 0 Å². The van der Waals surface area contributed by atoms with Crippen LogP contribution in [0.4, 0.5) is 5.95 Å². The molecule has 0 saturated carbocycles. The highest BCUT2D eigenvalue weighted by atomic mass is 79.9. The van der Waals surface area contributed by atoms with Gasteiger partial charge in [0.05, 0.1) is 23.8 Å². The van der Waals surface area contributed by atoms with E-state index in [9.17, 15) is 0 Å². The van der Waals surface area contributed by atoms with Crippen molar-refractivity contribution in [1.82, 2.24) is 9.55 Å². The molecule has 0 aliphatic heterocycles. The number of fused-ring (bicyclic) bond motifs is 1. The van der Waals surface area contributed by atoms with Gasteiger partial charge in [0, 0.05) is 15.0 Å². The van der Waals surface area contributed by atoms with Crippen LogP contribution in [-0.2, 0) is 0 Å². The topological polar surface area (TPSA) is 53.1 Å². The SMILES string of the molecule is COc1cc(Br)cc(-n2c(N)nc3ccc(Br)cc32)c1. The number of rotatable bonds is 2. The van der Waals surface area contributed by atoms with Crippen molar-refractivity contribution in [3.63, 3.8) is 0 Å². The third-order valence-corrected chi connectivity index (χ3v) is 3.94. The number of halogens is 2. The van der Waals surface area contributed by atoms with Crippen LogP contribution in [-0.4, -0.2) is 16.7 Å². The minimum Gasteiger partial charge on any atom is -0.497 e. The van der Waals surface area contributed by atoms with E-state index in [0.29, 0.717) is 5.95 Å². The fourth-order valence-electron chi connectivity index (χ4n) is 2.13. The van der Waals surface area contributed by atoms with Crippen LogP contribution in [0.1, 0.15) is 0 Å². The summed E-state index contributed by atoms with van der Waals surface area (Å²) in [7, 11) is 1.64. The van der Waals surface area contributed by atoms with Gasteiger partial charge in [-0.2, -0.15) is 0 Å². The van der Waals surface area contributed by atoms with E-state index in [1.807, 2.05) is 41.0 Å². The van der Waals surface area contributed by atoms with Crippen molar-refractivity contribution >= 4 is 48.8 Å². The Morgan fingerprint density at radius 2 is 1.90 bits per heavy atom. The lowest BCUT2D eigenvalue weighted by Crippen LogP contribution is -2.01. The Kier molecular flexibility index (Phi) is 3.43. The molecule has 2 N–H and O–H groups in total. The largest absolute Gasteiger partial charge is 0.497 e. The smallest absolute Gasteiger partial charge is 0.205 e. The van der Waals surface area contributed by atoms with Gasteiger partial charge >= 0.3 is 0 Å². The zero-order chi connectivity index (χ0) is 14.3. The molecule has 0 aliphatic rings. The van der Waals surface area contributed by atoms with Crippen LogP contribution < -0.4 is 10.5 Å². The second-order valence-electron chi connectivity index (χ2n) is 4.29. The predicted molar refractivity (Wildman–Crippen MR) is 87.4 cm³/mol.